The van der Waals surface area contributed by atoms with Gasteiger partial charge in [0.05, 0.1) is 10.5 Å². The number of aryl methyl sites for hydroxylation is 1. The van der Waals surface area contributed by atoms with Crippen molar-refractivity contribution >= 4 is 23.3 Å². The second-order valence-corrected chi connectivity index (χ2v) is 4.79. The van der Waals surface area contributed by atoms with Gasteiger partial charge in [-0.2, -0.15) is 0 Å². The minimum absolute atomic E-state index is 0.0752. The van der Waals surface area contributed by atoms with Crippen LogP contribution in [0.2, 0.25) is 0 Å². The first-order valence-electron chi connectivity index (χ1n) is 6.74. The number of hydrogen-bond donors (Lipinski definition) is 1. The van der Waals surface area contributed by atoms with E-state index in [-0.39, 0.29) is 5.69 Å². The average molecular weight is 314 g/mol. The first-order valence-corrected chi connectivity index (χ1v) is 6.74. The molecule has 2 rings (SSSR count). The molecule has 2 aromatic carbocycles. The number of esters is 1. The Morgan fingerprint density at radius 3 is 2.26 bits per heavy atom. The van der Waals surface area contributed by atoms with Gasteiger partial charge in [-0.05, 0) is 31.2 Å². The first kappa shape index (κ1) is 16.2. The second kappa shape index (κ2) is 7.17. The molecule has 0 radical (unpaired) electrons. The highest BCUT2D eigenvalue weighted by Crippen LogP contribution is 2.15. The average Bonchev–Trinajstić information content (AvgIpc) is 2.54. The number of nitrogens with one attached hydrogen (secondary N) is 1. The number of carbonyl (C=O) groups excluding carboxylic acids is 2. The quantitative estimate of drug-likeness (QED) is 0.519. The van der Waals surface area contributed by atoms with Crippen molar-refractivity contribution in [3.63, 3.8) is 0 Å². The van der Waals surface area contributed by atoms with Gasteiger partial charge in [-0.25, -0.2) is 4.79 Å². The Morgan fingerprint density at radius 1 is 1.09 bits per heavy atom. The molecule has 0 fully saturated rings. The predicted molar refractivity (Wildman–Crippen MR) is 83.2 cm³/mol. The van der Waals surface area contributed by atoms with E-state index in [1.54, 1.807) is 24.3 Å². The number of hydrogen-bond acceptors (Lipinski definition) is 5. The van der Waals surface area contributed by atoms with Crippen LogP contribution in [0.25, 0.3) is 0 Å². The van der Waals surface area contributed by atoms with Crippen molar-refractivity contribution in [2.75, 3.05) is 11.9 Å². The zero-order valence-corrected chi connectivity index (χ0v) is 12.3. The number of nitrogens with zero attached hydrogens (tertiary/aromatic N) is 1. The summed E-state index contributed by atoms with van der Waals surface area (Å²) in [4.78, 5) is 33.4. The third-order valence-corrected chi connectivity index (χ3v) is 2.98. The first-order chi connectivity index (χ1) is 11.0. The van der Waals surface area contributed by atoms with Crippen LogP contribution in [0.5, 0.6) is 0 Å². The Kier molecular flexibility index (Phi) is 5.03. The molecule has 2 aromatic rings. The summed E-state index contributed by atoms with van der Waals surface area (Å²) < 4.78 is 4.90. The van der Waals surface area contributed by atoms with Crippen LogP contribution >= 0.6 is 0 Å². The highest BCUT2D eigenvalue weighted by atomic mass is 16.6. The molecule has 0 bridgehead atoms. The van der Waals surface area contributed by atoms with Crippen molar-refractivity contribution in [1.29, 1.82) is 0 Å². The molecule has 0 aromatic heterocycles. The number of nitro benzene ring substituents is 1. The number of rotatable bonds is 5. The minimum atomic E-state index is -0.594. The molecule has 23 heavy (non-hydrogen) atoms. The molecule has 0 saturated heterocycles. The maximum atomic E-state index is 11.8. The Morgan fingerprint density at radius 2 is 1.70 bits per heavy atom. The van der Waals surface area contributed by atoms with Crippen LogP contribution in [0, 0.1) is 17.0 Å². The van der Waals surface area contributed by atoms with Crippen molar-refractivity contribution in [3.05, 3.63) is 69.8 Å². The summed E-state index contributed by atoms with van der Waals surface area (Å²) in [7, 11) is 0. The van der Waals surface area contributed by atoms with Gasteiger partial charge in [-0.1, -0.05) is 17.7 Å². The molecule has 0 spiro atoms. The van der Waals surface area contributed by atoms with Gasteiger partial charge >= 0.3 is 5.97 Å². The summed E-state index contributed by atoms with van der Waals surface area (Å²) in [6.07, 6.45) is 0. The van der Waals surface area contributed by atoms with Gasteiger partial charge in [0.25, 0.3) is 11.6 Å². The lowest BCUT2D eigenvalue weighted by Gasteiger charge is -2.06. The SMILES string of the molecule is Cc1ccc(C(=O)OCC(=O)Nc2ccc([N+](=O)[O-])cc2)cc1. The summed E-state index contributed by atoms with van der Waals surface area (Å²) in [6.45, 7) is 1.45. The van der Waals surface area contributed by atoms with Gasteiger partial charge in [0.15, 0.2) is 6.61 Å². The van der Waals surface area contributed by atoms with Crippen LogP contribution in [0.4, 0.5) is 11.4 Å². The Bertz CT molecular complexity index is 723. The largest absolute Gasteiger partial charge is 0.452 e. The van der Waals surface area contributed by atoms with Gasteiger partial charge in [0.1, 0.15) is 0 Å². The van der Waals surface area contributed by atoms with E-state index in [9.17, 15) is 19.7 Å². The molecule has 0 aliphatic rings. The molecule has 7 heteroatoms. The van der Waals surface area contributed by atoms with E-state index in [0.717, 1.165) is 5.56 Å². The number of anilines is 1. The molecular formula is C16H14N2O5. The number of ether oxygens (including phenoxy) is 1. The highest BCUT2D eigenvalue weighted by molar-refractivity contribution is 5.95. The number of non-ortho nitro benzene ring substituents is 1. The summed E-state index contributed by atoms with van der Waals surface area (Å²) in [6, 6.07) is 12.1. The number of nitro groups is 1. The van der Waals surface area contributed by atoms with Crippen LogP contribution in [0.3, 0.4) is 0 Å². The number of benzene rings is 2. The van der Waals surface area contributed by atoms with Gasteiger partial charge in [-0.3, -0.25) is 14.9 Å². The number of amides is 1. The summed E-state index contributed by atoms with van der Waals surface area (Å²) in [5.41, 5.74) is 1.68. The van der Waals surface area contributed by atoms with E-state index in [2.05, 4.69) is 5.32 Å². The summed E-state index contributed by atoms with van der Waals surface area (Å²) >= 11 is 0. The molecule has 1 N–H and O–H groups in total. The predicted octanol–water partition coefficient (Wildman–Crippen LogP) is 2.70. The van der Waals surface area contributed by atoms with Crippen molar-refractivity contribution in [1.82, 2.24) is 0 Å². The monoisotopic (exact) mass is 314 g/mol. The Balaban J connectivity index is 1.86. The van der Waals surface area contributed by atoms with Crippen molar-refractivity contribution < 1.29 is 19.2 Å². The third-order valence-electron chi connectivity index (χ3n) is 2.98. The number of carbonyl (C=O) groups is 2. The Hall–Kier alpha value is -3.22. The topological polar surface area (TPSA) is 98.5 Å². The van der Waals surface area contributed by atoms with E-state index in [4.69, 9.17) is 4.74 Å². The second-order valence-electron chi connectivity index (χ2n) is 4.79. The Labute approximate surface area is 132 Å². The van der Waals surface area contributed by atoms with E-state index in [1.165, 1.54) is 24.3 Å². The van der Waals surface area contributed by atoms with Crippen LogP contribution in [-0.2, 0) is 9.53 Å². The van der Waals surface area contributed by atoms with Crippen LogP contribution in [0.15, 0.2) is 48.5 Å². The normalized spacial score (nSPS) is 9.96. The molecule has 0 saturated carbocycles. The molecule has 0 aliphatic carbocycles. The molecular weight excluding hydrogens is 300 g/mol. The fraction of sp³-hybridized carbons (Fsp3) is 0.125. The van der Waals surface area contributed by atoms with Gasteiger partial charge < -0.3 is 10.1 Å². The molecule has 0 aliphatic heterocycles. The molecule has 0 unspecified atom stereocenters. The van der Waals surface area contributed by atoms with Gasteiger partial charge in [-0.15, -0.1) is 0 Å². The van der Waals surface area contributed by atoms with Gasteiger partial charge in [0.2, 0.25) is 0 Å². The zero-order chi connectivity index (χ0) is 16.8. The summed E-state index contributed by atoms with van der Waals surface area (Å²) in [5.74, 6) is -1.12. The fourth-order valence-corrected chi connectivity index (χ4v) is 1.77. The standard InChI is InChI=1S/C16H14N2O5/c1-11-2-4-12(5-3-11)16(20)23-10-15(19)17-13-6-8-14(9-7-13)18(21)22/h2-9H,10H2,1H3,(H,17,19). The fourth-order valence-electron chi connectivity index (χ4n) is 1.77. The lowest BCUT2D eigenvalue weighted by molar-refractivity contribution is -0.384. The van der Waals surface area contributed by atoms with E-state index in [1.807, 2.05) is 6.92 Å². The molecule has 7 nitrogen and oxygen atoms in total. The minimum Gasteiger partial charge on any atom is -0.452 e. The smallest absolute Gasteiger partial charge is 0.338 e. The van der Waals surface area contributed by atoms with E-state index >= 15 is 0 Å². The van der Waals surface area contributed by atoms with Crippen molar-refractivity contribution in [3.8, 4) is 0 Å². The van der Waals surface area contributed by atoms with Crippen LogP contribution in [0.1, 0.15) is 15.9 Å². The van der Waals surface area contributed by atoms with Gasteiger partial charge in [0, 0.05) is 17.8 Å². The van der Waals surface area contributed by atoms with Crippen molar-refractivity contribution in [2.24, 2.45) is 0 Å². The molecule has 1 amide bonds. The van der Waals surface area contributed by atoms with E-state index < -0.39 is 23.4 Å². The van der Waals surface area contributed by atoms with Crippen LogP contribution < -0.4 is 5.32 Å². The molecule has 118 valence electrons. The summed E-state index contributed by atoms with van der Waals surface area (Å²) in [5, 5.41) is 13.0. The van der Waals surface area contributed by atoms with Crippen LogP contribution in [-0.4, -0.2) is 23.4 Å². The zero-order valence-electron chi connectivity index (χ0n) is 12.3. The lowest BCUT2D eigenvalue weighted by Crippen LogP contribution is -2.20. The maximum absolute atomic E-state index is 11.8. The molecule has 0 atom stereocenters. The maximum Gasteiger partial charge on any atom is 0.338 e. The molecule has 0 heterocycles. The third kappa shape index (κ3) is 4.63. The lowest BCUT2D eigenvalue weighted by atomic mass is 10.1. The van der Waals surface area contributed by atoms with Crippen molar-refractivity contribution in [2.45, 2.75) is 6.92 Å². The highest BCUT2D eigenvalue weighted by Gasteiger charge is 2.11. The van der Waals surface area contributed by atoms with E-state index in [0.29, 0.717) is 11.3 Å².